The van der Waals surface area contributed by atoms with Gasteiger partial charge in [0.05, 0.1) is 11.8 Å². The van der Waals surface area contributed by atoms with Crippen molar-refractivity contribution in [2.75, 3.05) is 31.5 Å². The SMILES string of the molecule is OC(CNc1ccc(F)cc1F)CN1CCCC1. The molecule has 1 aliphatic heterocycles. The number of aliphatic hydroxyl groups is 1. The molecular formula is C13H18F2N2O. The van der Waals surface area contributed by atoms with Crippen LogP contribution in [0.15, 0.2) is 18.2 Å². The summed E-state index contributed by atoms with van der Waals surface area (Å²) in [6.45, 7) is 2.89. The number of rotatable bonds is 5. The lowest BCUT2D eigenvalue weighted by atomic mass is 10.2. The van der Waals surface area contributed by atoms with Crippen LogP contribution in [0.3, 0.4) is 0 Å². The van der Waals surface area contributed by atoms with Crippen LogP contribution < -0.4 is 5.32 Å². The first kappa shape index (κ1) is 13.2. The van der Waals surface area contributed by atoms with Crippen molar-refractivity contribution in [3.05, 3.63) is 29.8 Å². The van der Waals surface area contributed by atoms with Crippen molar-refractivity contribution in [1.82, 2.24) is 4.90 Å². The van der Waals surface area contributed by atoms with Gasteiger partial charge in [0, 0.05) is 19.2 Å². The number of likely N-dealkylation sites (tertiary alicyclic amines) is 1. The van der Waals surface area contributed by atoms with Crippen molar-refractivity contribution < 1.29 is 13.9 Å². The molecule has 0 amide bonds. The molecule has 100 valence electrons. The molecule has 1 saturated heterocycles. The van der Waals surface area contributed by atoms with Gasteiger partial charge in [-0.25, -0.2) is 8.78 Å². The van der Waals surface area contributed by atoms with Crippen molar-refractivity contribution in [3.63, 3.8) is 0 Å². The zero-order chi connectivity index (χ0) is 13.0. The summed E-state index contributed by atoms with van der Waals surface area (Å²) in [5, 5.41) is 12.6. The van der Waals surface area contributed by atoms with Gasteiger partial charge in [0.15, 0.2) is 0 Å². The van der Waals surface area contributed by atoms with Crippen molar-refractivity contribution in [2.24, 2.45) is 0 Å². The molecule has 18 heavy (non-hydrogen) atoms. The van der Waals surface area contributed by atoms with E-state index in [1.807, 2.05) is 0 Å². The highest BCUT2D eigenvalue weighted by molar-refractivity contribution is 5.44. The minimum atomic E-state index is -0.636. The van der Waals surface area contributed by atoms with Gasteiger partial charge in [-0.15, -0.1) is 0 Å². The maximum atomic E-state index is 13.3. The first-order valence-electron chi connectivity index (χ1n) is 6.24. The summed E-state index contributed by atoms with van der Waals surface area (Å²) in [4.78, 5) is 2.19. The van der Waals surface area contributed by atoms with Gasteiger partial charge in [-0.05, 0) is 38.1 Å². The summed E-state index contributed by atoms with van der Waals surface area (Å²) >= 11 is 0. The fourth-order valence-electron chi connectivity index (χ4n) is 2.19. The summed E-state index contributed by atoms with van der Waals surface area (Å²) in [5.74, 6) is -1.24. The lowest BCUT2D eigenvalue weighted by Gasteiger charge is -2.20. The smallest absolute Gasteiger partial charge is 0.149 e. The Bertz CT molecular complexity index is 395. The number of hydrogen-bond acceptors (Lipinski definition) is 3. The van der Waals surface area contributed by atoms with E-state index in [9.17, 15) is 13.9 Å². The van der Waals surface area contributed by atoms with Gasteiger partial charge < -0.3 is 15.3 Å². The molecule has 1 fully saturated rings. The average Bonchev–Trinajstić information content (AvgIpc) is 2.80. The molecule has 1 aliphatic rings. The normalized spacial score (nSPS) is 17.9. The van der Waals surface area contributed by atoms with E-state index in [-0.39, 0.29) is 12.2 Å². The number of β-amino-alcohol motifs (C(OH)–C–C–N with tert-alkyl or cyclic N) is 1. The van der Waals surface area contributed by atoms with Crippen molar-refractivity contribution in [1.29, 1.82) is 0 Å². The molecular weight excluding hydrogens is 238 g/mol. The first-order chi connectivity index (χ1) is 8.65. The van der Waals surface area contributed by atoms with Crippen LogP contribution in [0, 0.1) is 11.6 Å². The molecule has 5 heteroatoms. The lowest BCUT2D eigenvalue weighted by molar-refractivity contribution is 0.135. The molecule has 1 unspecified atom stereocenters. The number of benzene rings is 1. The molecule has 0 bridgehead atoms. The molecule has 1 aromatic rings. The van der Waals surface area contributed by atoms with E-state index in [0.717, 1.165) is 19.2 Å². The largest absolute Gasteiger partial charge is 0.390 e. The van der Waals surface area contributed by atoms with Gasteiger partial charge >= 0.3 is 0 Å². The number of halogens is 2. The Morgan fingerprint density at radius 2 is 2.00 bits per heavy atom. The van der Waals surface area contributed by atoms with E-state index in [0.29, 0.717) is 6.54 Å². The standard InChI is InChI=1S/C13H18F2N2O/c14-10-3-4-13(12(15)7-10)16-8-11(18)9-17-5-1-2-6-17/h3-4,7,11,16,18H,1-2,5-6,8-9H2. The number of nitrogens with zero attached hydrogens (tertiary/aromatic N) is 1. The fraction of sp³-hybridized carbons (Fsp3) is 0.538. The molecule has 2 rings (SSSR count). The summed E-state index contributed by atoms with van der Waals surface area (Å²) in [7, 11) is 0. The topological polar surface area (TPSA) is 35.5 Å². The van der Waals surface area contributed by atoms with Crippen LogP contribution in [0.5, 0.6) is 0 Å². The van der Waals surface area contributed by atoms with Gasteiger partial charge in [0.1, 0.15) is 11.6 Å². The maximum absolute atomic E-state index is 13.3. The lowest BCUT2D eigenvalue weighted by Crippen LogP contribution is -2.34. The Kier molecular flexibility index (Phi) is 4.49. The second-order valence-electron chi connectivity index (χ2n) is 4.67. The molecule has 1 aromatic carbocycles. The highest BCUT2D eigenvalue weighted by atomic mass is 19.1. The summed E-state index contributed by atoms with van der Waals surface area (Å²) in [6.07, 6.45) is 1.80. The van der Waals surface area contributed by atoms with Gasteiger partial charge in [0.25, 0.3) is 0 Å². The van der Waals surface area contributed by atoms with E-state index in [1.54, 1.807) is 0 Å². The highest BCUT2D eigenvalue weighted by Gasteiger charge is 2.15. The zero-order valence-corrected chi connectivity index (χ0v) is 10.2. The molecule has 1 heterocycles. The van der Waals surface area contributed by atoms with Gasteiger partial charge in [-0.2, -0.15) is 0 Å². The third-order valence-electron chi connectivity index (χ3n) is 3.13. The highest BCUT2D eigenvalue weighted by Crippen LogP contribution is 2.15. The van der Waals surface area contributed by atoms with Crippen molar-refractivity contribution in [2.45, 2.75) is 18.9 Å². The van der Waals surface area contributed by atoms with Crippen LogP contribution in [0.1, 0.15) is 12.8 Å². The Hall–Kier alpha value is -1.20. The number of aliphatic hydroxyl groups excluding tert-OH is 1. The molecule has 0 radical (unpaired) electrons. The quantitative estimate of drug-likeness (QED) is 0.843. The number of anilines is 1. The summed E-state index contributed by atoms with van der Waals surface area (Å²) in [5.41, 5.74) is 0.219. The predicted octanol–water partition coefficient (Wildman–Crippen LogP) is 1.83. The molecule has 0 saturated carbocycles. The summed E-state index contributed by atoms with van der Waals surface area (Å²) < 4.78 is 26.0. The average molecular weight is 256 g/mol. The van der Waals surface area contributed by atoms with Gasteiger partial charge in [0.2, 0.25) is 0 Å². The molecule has 0 aromatic heterocycles. The minimum absolute atomic E-state index is 0.219. The molecule has 1 atom stereocenters. The second-order valence-corrected chi connectivity index (χ2v) is 4.67. The molecule has 3 nitrogen and oxygen atoms in total. The van der Waals surface area contributed by atoms with E-state index < -0.39 is 17.7 Å². The van der Waals surface area contributed by atoms with E-state index in [2.05, 4.69) is 10.2 Å². The Balaban J connectivity index is 1.79. The molecule has 0 spiro atoms. The van der Waals surface area contributed by atoms with Crippen LogP contribution in [0.2, 0.25) is 0 Å². The maximum Gasteiger partial charge on any atom is 0.149 e. The molecule has 2 N–H and O–H groups in total. The predicted molar refractivity (Wildman–Crippen MR) is 66.5 cm³/mol. The monoisotopic (exact) mass is 256 g/mol. The first-order valence-corrected chi connectivity index (χ1v) is 6.24. The van der Waals surface area contributed by atoms with E-state index in [1.165, 1.54) is 25.0 Å². The van der Waals surface area contributed by atoms with Crippen LogP contribution in [-0.2, 0) is 0 Å². The fourth-order valence-corrected chi connectivity index (χ4v) is 2.19. The Morgan fingerprint density at radius 3 is 2.67 bits per heavy atom. The Morgan fingerprint density at radius 1 is 1.28 bits per heavy atom. The Labute approximate surface area is 105 Å². The van der Waals surface area contributed by atoms with Crippen LogP contribution >= 0.6 is 0 Å². The van der Waals surface area contributed by atoms with E-state index >= 15 is 0 Å². The van der Waals surface area contributed by atoms with Crippen LogP contribution in [0.25, 0.3) is 0 Å². The number of hydrogen-bond donors (Lipinski definition) is 2. The van der Waals surface area contributed by atoms with Gasteiger partial charge in [-0.3, -0.25) is 0 Å². The van der Waals surface area contributed by atoms with Crippen LogP contribution in [0.4, 0.5) is 14.5 Å². The van der Waals surface area contributed by atoms with Crippen molar-refractivity contribution >= 4 is 5.69 Å². The third-order valence-corrected chi connectivity index (χ3v) is 3.13. The van der Waals surface area contributed by atoms with E-state index in [4.69, 9.17) is 0 Å². The minimum Gasteiger partial charge on any atom is -0.390 e. The third kappa shape index (κ3) is 3.65. The second kappa shape index (κ2) is 6.11. The summed E-state index contributed by atoms with van der Waals surface area (Å²) in [6, 6.07) is 3.36. The zero-order valence-electron chi connectivity index (χ0n) is 10.2. The van der Waals surface area contributed by atoms with Crippen LogP contribution in [-0.4, -0.2) is 42.3 Å². The van der Waals surface area contributed by atoms with Gasteiger partial charge in [-0.1, -0.05) is 0 Å². The number of nitrogens with one attached hydrogen (secondary N) is 1. The van der Waals surface area contributed by atoms with Crippen molar-refractivity contribution in [3.8, 4) is 0 Å². The molecule has 0 aliphatic carbocycles.